The third kappa shape index (κ3) is 3.91. The molecule has 1 aromatic rings. The molecule has 1 atom stereocenters. The van der Waals surface area contributed by atoms with Crippen LogP contribution in [-0.2, 0) is 4.79 Å². The molecule has 0 N–H and O–H groups in total. The molecule has 3 heteroatoms. The topological polar surface area (TPSA) is 37.4 Å². The van der Waals surface area contributed by atoms with E-state index in [1.807, 2.05) is 19.1 Å². The number of nitrogens with zero attached hydrogens (tertiary/aromatic N) is 1. The Bertz CT molecular complexity index is 452. The number of hydrogen-bond acceptors (Lipinski definition) is 2. The van der Waals surface area contributed by atoms with Crippen LogP contribution >= 0.6 is 0 Å². The lowest BCUT2D eigenvalue weighted by Gasteiger charge is -2.23. The minimum atomic E-state index is -0.249. The molecule has 1 unspecified atom stereocenters. The van der Waals surface area contributed by atoms with Crippen LogP contribution in [0.5, 0.6) is 0 Å². The van der Waals surface area contributed by atoms with Gasteiger partial charge in [0.05, 0.1) is 5.92 Å². The average molecular weight is 257 g/mol. The average Bonchev–Trinajstić information content (AvgIpc) is 2.45. The van der Waals surface area contributed by atoms with Gasteiger partial charge in [0.15, 0.2) is 0 Å². The summed E-state index contributed by atoms with van der Waals surface area (Å²) in [5, 5.41) is 0. The van der Waals surface area contributed by atoms with Crippen molar-refractivity contribution < 1.29 is 9.59 Å². The van der Waals surface area contributed by atoms with Crippen LogP contribution in [0.1, 0.15) is 28.8 Å². The molecule has 1 amide bonds. The van der Waals surface area contributed by atoms with Gasteiger partial charge in [0, 0.05) is 18.7 Å². The molecule has 1 rings (SSSR count). The molecular weight excluding hydrogens is 238 g/mol. The summed E-state index contributed by atoms with van der Waals surface area (Å²) in [6, 6.07) is 7.06. The van der Waals surface area contributed by atoms with Crippen LogP contribution in [0.25, 0.3) is 0 Å². The molecule has 0 fully saturated rings. The van der Waals surface area contributed by atoms with Crippen LogP contribution in [0.4, 0.5) is 0 Å². The van der Waals surface area contributed by atoms with Crippen molar-refractivity contribution in [1.29, 1.82) is 0 Å². The smallest absolute Gasteiger partial charge is 0.230 e. The number of carbonyl (C=O) groups excluding carboxylic acids is 2. The van der Waals surface area contributed by atoms with Crippen molar-refractivity contribution in [2.75, 3.05) is 13.1 Å². The molecule has 0 saturated heterocycles. The predicted molar refractivity (Wildman–Crippen MR) is 77.2 cm³/mol. The van der Waals surface area contributed by atoms with Crippen molar-refractivity contribution in [3.63, 3.8) is 0 Å². The molecule has 0 saturated carbocycles. The molecule has 3 nitrogen and oxygen atoms in total. The molecule has 0 aliphatic carbocycles. The van der Waals surface area contributed by atoms with Gasteiger partial charge >= 0.3 is 0 Å². The highest BCUT2D eigenvalue weighted by molar-refractivity contribution is 5.84. The molecule has 0 aliphatic rings. The van der Waals surface area contributed by atoms with Crippen molar-refractivity contribution in [3.05, 3.63) is 60.7 Å². The second-order valence-electron chi connectivity index (χ2n) is 4.33. The molecule has 100 valence electrons. The van der Waals surface area contributed by atoms with Crippen molar-refractivity contribution in [2.45, 2.75) is 12.8 Å². The normalized spacial score (nSPS) is 11.4. The van der Waals surface area contributed by atoms with E-state index >= 15 is 0 Å². The van der Waals surface area contributed by atoms with Crippen LogP contribution in [0.2, 0.25) is 0 Å². The summed E-state index contributed by atoms with van der Waals surface area (Å²) >= 11 is 0. The summed E-state index contributed by atoms with van der Waals surface area (Å²) in [7, 11) is 0. The summed E-state index contributed by atoms with van der Waals surface area (Å²) < 4.78 is 0. The maximum atomic E-state index is 12.3. The SMILES string of the molecule is C=CCN(CC=C)C(=O)C(C)c1ccc(C=O)cc1. The Morgan fingerprint density at radius 2 is 1.74 bits per heavy atom. The number of rotatable bonds is 7. The van der Waals surface area contributed by atoms with Gasteiger partial charge in [-0.3, -0.25) is 9.59 Å². The maximum Gasteiger partial charge on any atom is 0.230 e. The molecule has 0 aromatic heterocycles. The second kappa shape index (κ2) is 7.31. The molecule has 19 heavy (non-hydrogen) atoms. The monoisotopic (exact) mass is 257 g/mol. The lowest BCUT2D eigenvalue weighted by Crippen LogP contribution is -2.34. The van der Waals surface area contributed by atoms with Crippen LogP contribution < -0.4 is 0 Å². The molecule has 0 spiro atoms. The predicted octanol–water partition coefficient (Wildman–Crippen LogP) is 2.80. The van der Waals surface area contributed by atoms with Crippen LogP contribution in [-0.4, -0.2) is 30.2 Å². The fraction of sp³-hybridized carbons (Fsp3) is 0.250. The van der Waals surface area contributed by atoms with E-state index in [0.29, 0.717) is 18.7 Å². The van der Waals surface area contributed by atoms with Crippen molar-refractivity contribution in [3.8, 4) is 0 Å². The Kier molecular flexibility index (Phi) is 5.73. The lowest BCUT2D eigenvalue weighted by molar-refractivity contribution is -0.131. The molecule has 0 heterocycles. The van der Waals surface area contributed by atoms with E-state index in [1.165, 1.54) is 0 Å². The van der Waals surface area contributed by atoms with E-state index in [2.05, 4.69) is 13.2 Å². The first-order valence-electron chi connectivity index (χ1n) is 6.19. The van der Waals surface area contributed by atoms with E-state index in [4.69, 9.17) is 0 Å². The molecule has 0 aliphatic heterocycles. The van der Waals surface area contributed by atoms with Gasteiger partial charge in [-0.15, -0.1) is 13.2 Å². The molecule has 1 aromatic carbocycles. The second-order valence-corrected chi connectivity index (χ2v) is 4.33. The van der Waals surface area contributed by atoms with Gasteiger partial charge < -0.3 is 4.90 Å². The zero-order valence-electron chi connectivity index (χ0n) is 11.2. The first-order valence-corrected chi connectivity index (χ1v) is 6.19. The highest BCUT2D eigenvalue weighted by Gasteiger charge is 2.20. The largest absolute Gasteiger partial charge is 0.335 e. The van der Waals surface area contributed by atoms with E-state index in [0.717, 1.165) is 11.8 Å². The molecular formula is C16H19NO2. The molecule has 0 bridgehead atoms. The minimum absolute atomic E-state index is 0.0265. The fourth-order valence-electron chi connectivity index (χ4n) is 1.85. The van der Waals surface area contributed by atoms with E-state index in [-0.39, 0.29) is 11.8 Å². The number of amides is 1. The number of aldehydes is 1. The Balaban J connectivity index is 2.86. The van der Waals surface area contributed by atoms with Gasteiger partial charge in [0.2, 0.25) is 5.91 Å². The highest BCUT2D eigenvalue weighted by atomic mass is 16.2. The van der Waals surface area contributed by atoms with Gasteiger partial charge in [-0.2, -0.15) is 0 Å². The minimum Gasteiger partial charge on any atom is -0.335 e. The Morgan fingerprint density at radius 3 is 2.16 bits per heavy atom. The summed E-state index contributed by atoms with van der Waals surface area (Å²) in [5.74, 6) is -0.223. The highest BCUT2D eigenvalue weighted by Crippen LogP contribution is 2.18. The third-order valence-corrected chi connectivity index (χ3v) is 2.95. The van der Waals surface area contributed by atoms with Gasteiger partial charge in [-0.1, -0.05) is 36.4 Å². The van der Waals surface area contributed by atoms with E-state index in [1.54, 1.807) is 29.2 Å². The van der Waals surface area contributed by atoms with E-state index in [9.17, 15) is 9.59 Å². The summed E-state index contributed by atoms with van der Waals surface area (Å²) in [6.45, 7) is 10.2. The van der Waals surface area contributed by atoms with Crippen LogP contribution in [0.3, 0.4) is 0 Å². The standard InChI is InChI=1S/C16H19NO2/c1-4-10-17(11-5-2)16(19)13(3)15-8-6-14(12-18)7-9-15/h4-9,12-13H,1-2,10-11H2,3H3. The Morgan fingerprint density at radius 1 is 1.21 bits per heavy atom. The van der Waals surface area contributed by atoms with Gasteiger partial charge in [-0.25, -0.2) is 0 Å². The first kappa shape index (κ1) is 14.9. The number of benzene rings is 1. The maximum absolute atomic E-state index is 12.3. The Hall–Kier alpha value is -2.16. The fourth-order valence-corrected chi connectivity index (χ4v) is 1.85. The van der Waals surface area contributed by atoms with Crippen LogP contribution in [0, 0.1) is 0 Å². The summed E-state index contributed by atoms with van der Waals surface area (Å²) in [5.41, 5.74) is 1.51. The number of hydrogen-bond donors (Lipinski definition) is 0. The van der Waals surface area contributed by atoms with Crippen molar-refractivity contribution in [2.24, 2.45) is 0 Å². The zero-order chi connectivity index (χ0) is 14.3. The summed E-state index contributed by atoms with van der Waals surface area (Å²) in [4.78, 5) is 24.6. The Labute approximate surface area is 114 Å². The van der Waals surface area contributed by atoms with Crippen LogP contribution in [0.15, 0.2) is 49.6 Å². The quantitative estimate of drug-likeness (QED) is 0.556. The molecule has 0 radical (unpaired) electrons. The van der Waals surface area contributed by atoms with Gasteiger partial charge in [0.25, 0.3) is 0 Å². The zero-order valence-corrected chi connectivity index (χ0v) is 11.2. The van der Waals surface area contributed by atoms with Gasteiger partial charge in [-0.05, 0) is 12.5 Å². The first-order chi connectivity index (χ1) is 9.13. The third-order valence-electron chi connectivity index (χ3n) is 2.95. The summed E-state index contributed by atoms with van der Waals surface area (Å²) in [6.07, 6.45) is 4.19. The number of carbonyl (C=O) groups is 2. The lowest BCUT2D eigenvalue weighted by atomic mass is 9.98. The van der Waals surface area contributed by atoms with Crippen molar-refractivity contribution in [1.82, 2.24) is 4.90 Å². The van der Waals surface area contributed by atoms with E-state index < -0.39 is 0 Å². The van der Waals surface area contributed by atoms with Crippen molar-refractivity contribution >= 4 is 12.2 Å². The van der Waals surface area contributed by atoms with Gasteiger partial charge in [0.1, 0.15) is 6.29 Å².